The maximum atomic E-state index is 12.9. The number of carbonyl (C=O) groups excluding carboxylic acids is 3. The van der Waals surface area contributed by atoms with Crippen LogP contribution in [0.4, 0.5) is 15.8 Å². The van der Waals surface area contributed by atoms with Gasteiger partial charge in [-0.3, -0.25) is 9.59 Å². The third-order valence-electron chi connectivity index (χ3n) is 3.23. The van der Waals surface area contributed by atoms with Crippen LogP contribution in [0.3, 0.4) is 0 Å². The Morgan fingerprint density at radius 1 is 1.12 bits per heavy atom. The van der Waals surface area contributed by atoms with E-state index < -0.39 is 24.3 Å². The van der Waals surface area contributed by atoms with Crippen molar-refractivity contribution in [2.24, 2.45) is 0 Å². The van der Waals surface area contributed by atoms with Gasteiger partial charge in [-0.1, -0.05) is 0 Å². The maximum absolute atomic E-state index is 12.9. The Hall–Kier alpha value is -3.42. The highest BCUT2D eigenvalue weighted by Gasteiger charge is 2.14. The average Bonchev–Trinajstić information content (AvgIpc) is 2.59. The summed E-state index contributed by atoms with van der Waals surface area (Å²) >= 11 is 0. The summed E-state index contributed by atoms with van der Waals surface area (Å²) in [6.07, 6.45) is 0. The maximum Gasteiger partial charge on any atom is 0.340 e. The van der Waals surface area contributed by atoms with Crippen LogP contribution in [0, 0.1) is 5.82 Å². The Balaban J connectivity index is 1.90. The minimum Gasteiger partial charge on any atom is -0.452 e. The van der Waals surface area contributed by atoms with Crippen LogP contribution in [-0.4, -0.2) is 31.4 Å². The van der Waals surface area contributed by atoms with Gasteiger partial charge in [0.25, 0.3) is 11.8 Å². The van der Waals surface area contributed by atoms with Crippen LogP contribution in [0.5, 0.6) is 0 Å². The molecule has 2 aromatic rings. The molecule has 0 heterocycles. The Morgan fingerprint density at radius 3 is 2.40 bits per heavy atom. The number of nitrogens with one attached hydrogen (secondary N) is 2. The molecule has 0 saturated carbocycles. The van der Waals surface area contributed by atoms with Gasteiger partial charge in [-0.15, -0.1) is 0 Å². The van der Waals surface area contributed by atoms with Crippen molar-refractivity contribution < 1.29 is 23.5 Å². The van der Waals surface area contributed by atoms with E-state index in [1.165, 1.54) is 13.1 Å². The van der Waals surface area contributed by atoms with E-state index in [1.807, 2.05) is 0 Å². The van der Waals surface area contributed by atoms with E-state index in [-0.39, 0.29) is 17.2 Å². The molecule has 4 N–H and O–H groups in total. The first kappa shape index (κ1) is 17.9. The lowest BCUT2D eigenvalue weighted by atomic mass is 10.2. The van der Waals surface area contributed by atoms with Crippen molar-refractivity contribution in [3.8, 4) is 0 Å². The van der Waals surface area contributed by atoms with Crippen LogP contribution in [0.25, 0.3) is 0 Å². The van der Waals surface area contributed by atoms with E-state index in [0.717, 1.165) is 12.1 Å². The molecule has 0 radical (unpaired) electrons. The number of nitrogen functional groups attached to an aromatic ring is 1. The van der Waals surface area contributed by atoms with Crippen LogP contribution in [-0.2, 0) is 9.53 Å². The van der Waals surface area contributed by atoms with E-state index in [0.29, 0.717) is 11.3 Å². The Bertz CT molecular complexity index is 806. The summed E-state index contributed by atoms with van der Waals surface area (Å²) in [6.45, 7) is -0.535. The lowest BCUT2D eigenvalue weighted by molar-refractivity contribution is -0.119. The second-order valence-corrected chi connectivity index (χ2v) is 5.01. The Morgan fingerprint density at radius 2 is 1.80 bits per heavy atom. The zero-order valence-corrected chi connectivity index (χ0v) is 13.3. The largest absolute Gasteiger partial charge is 0.452 e. The van der Waals surface area contributed by atoms with Gasteiger partial charge < -0.3 is 21.1 Å². The van der Waals surface area contributed by atoms with Crippen LogP contribution in [0.1, 0.15) is 20.7 Å². The lowest BCUT2D eigenvalue weighted by Crippen LogP contribution is -2.21. The predicted octanol–water partition coefficient (Wildman–Crippen LogP) is 1.56. The molecule has 0 bridgehead atoms. The Labute approximate surface area is 143 Å². The third kappa shape index (κ3) is 4.77. The molecular formula is C17H16FN3O4. The van der Waals surface area contributed by atoms with Crippen molar-refractivity contribution in [3.05, 3.63) is 59.4 Å². The van der Waals surface area contributed by atoms with Gasteiger partial charge >= 0.3 is 5.97 Å². The molecule has 2 amide bonds. The minimum atomic E-state index is -0.831. The van der Waals surface area contributed by atoms with Crippen LogP contribution >= 0.6 is 0 Å². The number of carbonyl (C=O) groups is 3. The lowest BCUT2D eigenvalue weighted by Gasteiger charge is -2.08. The molecule has 0 aromatic heterocycles. The molecule has 0 saturated heterocycles. The molecule has 7 nitrogen and oxygen atoms in total. The molecule has 2 aromatic carbocycles. The molecule has 0 aliphatic rings. The standard InChI is InChI=1S/C17H16FN3O4/c1-20-16(23)10-2-5-12(6-3-10)21-15(22)9-25-17(24)13-7-4-11(18)8-14(13)19/h2-8H,9,19H2,1H3,(H,20,23)(H,21,22). The van der Waals surface area contributed by atoms with Gasteiger partial charge in [0.05, 0.1) is 5.56 Å². The van der Waals surface area contributed by atoms with Crippen molar-refractivity contribution in [1.82, 2.24) is 5.32 Å². The Kier molecular flexibility index (Phi) is 5.67. The zero-order valence-electron chi connectivity index (χ0n) is 13.3. The van der Waals surface area contributed by atoms with Gasteiger partial charge in [0.1, 0.15) is 5.82 Å². The van der Waals surface area contributed by atoms with Gasteiger partial charge in [-0.25, -0.2) is 9.18 Å². The van der Waals surface area contributed by atoms with E-state index >= 15 is 0 Å². The molecule has 130 valence electrons. The molecule has 0 spiro atoms. The summed E-state index contributed by atoms with van der Waals surface area (Å²) in [5.74, 6) is -2.22. The first-order valence-electron chi connectivity index (χ1n) is 7.25. The number of hydrogen-bond donors (Lipinski definition) is 3. The fourth-order valence-corrected chi connectivity index (χ4v) is 1.97. The summed E-state index contributed by atoms with van der Waals surface area (Å²) in [6, 6.07) is 9.41. The number of anilines is 2. The first-order chi connectivity index (χ1) is 11.9. The van der Waals surface area contributed by atoms with Gasteiger partial charge in [0, 0.05) is 24.0 Å². The zero-order chi connectivity index (χ0) is 18.4. The van der Waals surface area contributed by atoms with E-state index in [2.05, 4.69) is 10.6 Å². The van der Waals surface area contributed by atoms with Gasteiger partial charge in [-0.05, 0) is 42.5 Å². The SMILES string of the molecule is CNC(=O)c1ccc(NC(=O)COC(=O)c2ccc(F)cc2N)cc1. The molecule has 0 fully saturated rings. The highest BCUT2D eigenvalue weighted by molar-refractivity contribution is 5.98. The first-order valence-corrected chi connectivity index (χ1v) is 7.25. The van der Waals surface area contributed by atoms with E-state index in [1.54, 1.807) is 24.3 Å². The number of halogens is 1. The minimum absolute atomic E-state index is 0.0240. The monoisotopic (exact) mass is 345 g/mol. The van der Waals surface area contributed by atoms with Crippen LogP contribution in [0.2, 0.25) is 0 Å². The third-order valence-corrected chi connectivity index (χ3v) is 3.23. The second-order valence-electron chi connectivity index (χ2n) is 5.01. The predicted molar refractivity (Wildman–Crippen MR) is 89.6 cm³/mol. The smallest absolute Gasteiger partial charge is 0.340 e. The number of rotatable bonds is 5. The van der Waals surface area contributed by atoms with Gasteiger partial charge in [0.15, 0.2) is 6.61 Å². The van der Waals surface area contributed by atoms with Crippen molar-refractivity contribution in [1.29, 1.82) is 0 Å². The number of amides is 2. The van der Waals surface area contributed by atoms with Gasteiger partial charge in [0.2, 0.25) is 0 Å². The summed E-state index contributed by atoms with van der Waals surface area (Å²) in [5.41, 5.74) is 6.31. The van der Waals surface area contributed by atoms with Crippen LogP contribution < -0.4 is 16.4 Å². The quantitative estimate of drug-likeness (QED) is 0.563. The summed E-state index contributed by atoms with van der Waals surface area (Å²) < 4.78 is 17.8. The highest BCUT2D eigenvalue weighted by Crippen LogP contribution is 2.15. The highest BCUT2D eigenvalue weighted by atomic mass is 19.1. The van der Waals surface area contributed by atoms with Crippen molar-refractivity contribution in [2.75, 3.05) is 24.7 Å². The fraction of sp³-hybridized carbons (Fsp3) is 0.118. The number of benzene rings is 2. The molecule has 0 unspecified atom stereocenters. The molecule has 0 aliphatic carbocycles. The molecule has 0 atom stereocenters. The van der Waals surface area contributed by atoms with Crippen LogP contribution in [0.15, 0.2) is 42.5 Å². The van der Waals surface area contributed by atoms with E-state index in [4.69, 9.17) is 10.5 Å². The second kappa shape index (κ2) is 7.91. The molecular weight excluding hydrogens is 329 g/mol. The van der Waals surface area contributed by atoms with Crippen molar-refractivity contribution in [3.63, 3.8) is 0 Å². The normalized spacial score (nSPS) is 10.0. The molecule has 0 aliphatic heterocycles. The number of nitrogens with two attached hydrogens (primary N) is 1. The van der Waals surface area contributed by atoms with Crippen molar-refractivity contribution in [2.45, 2.75) is 0 Å². The average molecular weight is 345 g/mol. The molecule has 25 heavy (non-hydrogen) atoms. The number of ether oxygens (including phenoxy) is 1. The summed E-state index contributed by atoms with van der Waals surface area (Å²) in [5, 5.41) is 5.00. The van der Waals surface area contributed by atoms with Gasteiger partial charge in [-0.2, -0.15) is 0 Å². The summed E-state index contributed by atoms with van der Waals surface area (Å²) in [4.78, 5) is 35.1. The van der Waals surface area contributed by atoms with E-state index in [9.17, 15) is 18.8 Å². The van der Waals surface area contributed by atoms with Crippen molar-refractivity contribution >= 4 is 29.2 Å². The topological polar surface area (TPSA) is 111 Å². The molecule has 8 heteroatoms. The fourth-order valence-electron chi connectivity index (χ4n) is 1.97. The molecule has 2 rings (SSSR count). The number of hydrogen-bond acceptors (Lipinski definition) is 5. The number of esters is 1. The summed E-state index contributed by atoms with van der Waals surface area (Å²) in [7, 11) is 1.51.